The van der Waals surface area contributed by atoms with Crippen molar-refractivity contribution in [1.82, 2.24) is 19.4 Å². The molecule has 0 N–H and O–H groups in total. The summed E-state index contributed by atoms with van der Waals surface area (Å²) in [5, 5.41) is 0. The molecule has 6 heteroatoms. The quantitative estimate of drug-likeness (QED) is 0.711. The van der Waals surface area contributed by atoms with Gasteiger partial charge in [-0.3, -0.25) is 4.79 Å². The van der Waals surface area contributed by atoms with Gasteiger partial charge in [0.25, 0.3) is 5.91 Å². The van der Waals surface area contributed by atoms with Crippen LogP contribution in [0.25, 0.3) is 0 Å². The van der Waals surface area contributed by atoms with Crippen LogP contribution in [0.5, 0.6) is 5.88 Å². The number of hydrogen-bond acceptors (Lipinski definition) is 4. The first kappa shape index (κ1) is 16.3. The van der Waals surface area contributed by atoms with Crippen molar-refractivity contribution in [2.75, 3.05) is 13.1 Å². The smallest absolute Gasteiger partial charge is 0.254 e. The zero-order chi connectivity index (χ0) is 17.9. The van der Waals surface area contributed by atoms with E-state index < -0.39 is 0 Å². The molecule has 4 rings (SSSR count). The van der Waals surface area contributed by atoms with Crippen molar-refractivity contribution in [3.63, 3.8) is 0 Å². The van der Waals surface area contributed by atoms with Crippen LogP contribution in [0.3, 0.4) is 0 Å². The SMILES string of the molecule is Cc1cccc(OC2CN(C(=O)c3ccc(Cn4ccnc4)cc3)C2)n1. The third kappa shape index (κ3) is 3.59. The normalized spacial score (nSPS) is 14.1. The number of hydrogen-bond donors (Lipinski definition) is 0. The van der Waals surface area contributed by atoms with E-state index in [1.165, 1.54) is 0 Å². The van der Waals surface area contributed by atoms with Crippen LogP contribution in [0.15, 0.2) is 61.2 Å². The summed E-state index contributed by atoms with van der Waals surface area (Å²) in [4.78, 5) is 22.7. The van der Waals surface area contributed by atoms with Crippen LogP contribution in [-0.4, -0.2) is 44.5 Å². The van der Waals surface area contributed by atoms with Crippen LogP contribution in [0, 0.1) is 6.92 Å². The number of benzene rings is 1. The molecule has 1 saturated heterocycles. The minimum atomic E-state index is 0.00811. The summed E-state index contributed by atoms with van der Waals surface area (Å²) in [6, 6.07) is 13.4. The lowest BCUT2D eigenvalue weighted by Crippen LogP contribution is -2.56. The van der Waals surface area contributed by atoms with Gasteiger partial charge in [-0.2, -0.15) is 0 Å². The predicted molar refractivity (Wildman–Crippen MR) is 97.1 cm³/mol. The standard InChI is InChI=1S/C20H20N4O2/c1-15-3-2-4-19(22-15)26-18-12-24(13-18)20(25)17-7-5-16(6-8-17)11-23-10-9-21-14-23/h2-10,14,18H,11-13H2,1H3. The van der Waals surface area contributed by atoms with E-state index >= 15 is 0 Å². The number of ether oxygens (including phenoxy) is 1. The molecule has 1 aliphatic rings. The molecule has 0 unspecified atom stereocenters. The molecule has 26 heavy (non-hydrogen) atoms. The zero-order valence-electron chi connectivity index (χ0n) is 14.6. The Hall–Kier alpha value is -3.15. The Labute approximate surface area is 152 Å². The molecular weight excluding hydrogens is 328 g/mol. The van der Waals surface area contributed by atoms with Crippen molar-refractivity contribution in [2.24, 2.45) is 0 Å². The number of rotatable bonds is 5. The molecule has 1 fully saturated rings. The number of imidazole rings is 1. The zero-order valence-corrected chi connectivity index (χ0v) is 14.6. The van der Waals surface area contributed by atoms with E-state index in [-0.39, 0.29) is 12.0 Å². The number of pyridine rings is 1. The number of amides is 1. The highest BCUT2D eigenvalue weighted by atomic mass is 16.5. The molecule has 132 valence electrons. The highest BCUT2D eigenvalue weighted by Crippen LogP contribution is 2.19. The predicted octanol–water partition coefficient (Wildman–Crippen LogP) is 2.54. The monoisotopic (exact) mass is 348 g/mol. The lowest BCUT2D eigenvalue weighted by molar-refractivity contribution is 0.0159. The largest absolute Gasteiger partial charge is 0.471 e. The Morgan fingerprint density at radius 2 is 2.00 bits per heavy atom. The van der Waals surface area contributed by atoms with Crippen molar-refractivity contribution >= 4 is 5.91 Å². The maximum absolute atomic E-state index is 12.5. The third-order valence-corrected chi connectivity index (χ3v) is 4.41. The molecule has 0 aliphatic carbocycles. The van der Waals surface area contributed by atoms with Crippen LogP contribution < -0.4 is 4.74 Å². The van der Waals surface area contributed by atoms with Crippen molar-refractivity contribution in [3.8, 4) is 5.88 Å². The average Bonchev–Trinajstić information content (AvgIpc) is 3.11. The van der Waals surface area contributed by atoms with E-state index in [4.69, 9.17) is 4.74 Å². The second-order valence-corrected chi connectivity index (χ2v) is 6.50. The first-order chi connectivity index (χ1) is 12.7. The van der Waals surface area contributed by atoms with Gasteiger partial charge >= 0.3 is 0 Å². The maximum Gasteiger partial charge on any atom is 0.254 e. The van der Waals surface area contributed by atoms with Crippen molar-refractivity contribution < 1.29 is 9.53 Å². The van der Waals surface area contributed by atoms with Crippen LogP contribution in [0.4, 0.5) is 0 Å². The topological polar surface area (TPSA) is 60.2 Å². The maximum atomic E-state index is 12.5. The lowest BCUT2D eigenvalue weighted by Gasteiger charge is -2.38. The second-order valence-electron chi connectivity index (χ2n) is 6.50. The van der Waals surface area contributed by atoms with Crippen molar-refractivity contribution in [2.45, 2.75) is 19.6 Å². The van der Waals surface area contributed by atoms with Crippen molar-refractivity contribution in [3.05, 3.63) is 78.0 Å². The van der Waals surface area contributed by atoms with Crippen LogP contribution in [0.1, 0.15) is 21.6 Å². The van der Waals surface area contributed by atoms with Gasteiger partial charge in [-0.05, 0) is 30.7 Å². The molecule has 3 heterocycles. The Morgan fingerprint density at radius 3 is 2.69 bits per heavy atom. The molecular formula is C20H20N4O2. The van der Waals surface area contributed by atoms with E-state index in [9.17, 15) is 4.79 Å². The number of aryl methyl sites for hydroxylation is 1. The highest BCUT2D eigenvalue weighted by Gasteiger charge is 2.33. The third-order valence-electron chi connectivity index (χ3n) is 4.41. The first-order valence-electron chi connectivity index (χ1n) is 8.62. The molecule has 0 bridgehead atoms. The van der Waals surface area contributed by atoms with E-state index in [0.717, 1.165) is 17.8 Å². The summed E-state index contributed by atoms with van der Waals surface area (Å²) in [7, 11) is 0. The minimum absolute atomic E-state index is 0.00811. The second kappa shape index (κ2) is 7.00. The Balaban J connectivity index is 1.31. The van der Waals surface area contributed by atoms with Crippen LogP contribution in [-0.2, 0) is 6.54 Å². The van der Waals surface area contributed by atoms with E-state index in [2.05, 4.69) is 9.97 Å². The fraction of sp³-hybridized carbons (Fsp3) is 0.250. The van der Waals surface area contributed by atoms with E-state index in [1.54, 1.807) is 17.4 Å². The summed E-state index contributed by atoms with van der Waals surface area (Å²) in [5.74, 6) is 0.655. The Kier molecular flexibility index (Phi) is 4.39. The van der Waals surface area contributed by atoms with Gasteiger partial charge in [0.2, 0.25) is 5.88 Å². The van der Waals surface area contributed by atoms with Gasteiger partial charge in [0.15, 0.2) is 0 Å². The van der Waals surface area contributed by atoms with Gasteiger partial charge in [0, 0.05) is 36.3 Å². The number of carbonyl (C=O) groups excluding carboxylic acids is 1. The molecule has 0 radical (unpaired) electrons. The molecule has 0 spiro atoms. The minimum Gasteiger partial charge on any atom is -0.471 e. The van der Waals surface area contributed by atoms with Gasteiger partial charge in [-0.1, -0.05) is 18.2 Å². The fourth-order valence-electron chi connectivity index (χ4n) is 2.96. The molecule has 1 amide bonds. The molecule has 6 nitrogen and oxygen atoms in total. The molecule has 0 atom stereocenters. The van der Waals surface area contributed by atoms with Crippen LogP contribution in [0.2, 0.25) is 0 Å². The average molecular weight is 348 g/mol. The Morgan fingerprint density at radius 1 is 1.19 bits per heavy atom. The summed E-state index contributed by atoms with van der Waals surface area (Å²) < 4.78 is 7.81. The van der Waals surface area contributed by atoms with E-state index in [1.807, 2.05) is 60.2 Å². The highest BCUT2D eigenvalue weighted by molar-refractivity contribution is 5.94. The van der Waals surface area contributed by atoms with Gasteiger partial charge in [0.05, 0.1) is 19.4 Å². The summed E-state index contributed by atoms with van der Waals surface area (Å²) in [6.45, 7) is 3.86. The molecule has 2 aromatic heterocycles. The van der Waals surface area contributed by atoms with E-state index in [0.29, 0.717) is 24.5 Å². The van der Waals surface area contributed by atoms with Crippen LogP contribution >= 0.6 is 0 Å². The van der Waals surface area contributed by atoms with Gasteiger partial charge in [0.1, 0.15) is 6.10 Å². The fourth-order valence-corrected chi connectivity index (χ4v) is 2.96. The van der Waals surface area contributed by atoms with Gasteiger partial charge in [-0.25, -0.2) is 9.97 Å². The van der Waals surface area contributed by atoms with Gasteiger partial charge < -0.3 is 14.2 Å². The molecule has 1 aliphatic heterocycles. The molecule has 1 aromatic carbocycles. The number of carbonyl (C=O) groups is 1. The summed E-state index contributed by atoms with van der Waals surface area (Å²) >= 11 is 0. The number of nitrogens with zero attached hydrogens (tertiary/aromatic N) is 4. The number of aromatic nitrogens is 3. The Bertz CT molecular complexity index is 884. The van der Waals surface area contributed by atoms with Crippen molar-refractivity contribution in [1.29, 1.82) is 0 Å². The molecule has 3 aromatic rings. The first-order valence-corrected chi connectivity index (χ1v) is 8.62. The van der Waals surface area contributed by atoms with Gasteiger partial charge in [-0.15, -0.1) is 0 Å². The molecule has 0 saturated carbocycles. The lowest BCUT2D eigenvalue weighted by atomic mass is 10.1. The summed E-state index contributed by atoms with van der Waals surface area (Å²) in [6.07, 6.45) is 5.46. The number of likely N-dealkylation sites (tertiary alicyclic amines) is 1. The summed E-state index contributed by atoms with van der Waals surface area (Å²) in [5.41, 5.74) is 2.76.